The maximum absolute atomic E-state index is 12.6. The quantitative estimate of drug-likeness (QED) is 0.796. The number of carbonyl (C=O) groups is 2. The van der Waals surface area contributed by atoms with Crippen LogP contribution in [-0.4, -0.2) is 42.1 Å². The molecule has 0 aromatic rings. The molecule has 5 aliphatic rings. The molecule has 1 unspecified atom stereocenters. The Labute approximate surface area is 119 Å². The summed E-state index contributed by atoms with van der Waals surface area (Å²) in [5.74, 6) is 2.11. The Morgan fingerprint density at radius 1 is 1.15 bits per heavy atom. The molecule has 1 aliphatic heterocycles. The molecule has 110 valence electrons. The van der Waals surface area contributed by atoms with Gasteiger partial charge in [-0.25, -0.2) is 4.79 Å². The second-order valence-electron chi connectivity index (χ2n) is 7.27. The fourth-order valence-corrected chi connectivity index (χ4v) is 5.60. The maximum atomic E-state index is 12.6. The van der Waals surface area contributed by atoms with E-state index in [0.29, 0.717) is 0 Å². The number of hydrogen-bond donors (Lipinski definition) is 1. The van der Waals surface area contributed by atoms with Crippen LogP contribution in [0.25, 0.3) is 0 Å². The van der Waals surface area contributed by atoms with Crippen molar-refractivity contribution >= 4 is 11.9 Å². The van der Waals surface area contributed by atoms with Crippen LogP contribution in [-0.2, 0) is 9.53 Å². The number of imide groups is 1. The molecular weight excluding hydrogens is 256 g/mol. The summed E-state index contributed by atoms with van der Waals surface area (Å²) in [6, 6.07) is -0.681. The first kappa shape index (κ1) is 12.6. The molecule has 4 bridgehead atoms. The van der Waals surface area contributed by atoms with Crippen LogP contribution in [0.1, 0.15) is 38.5 Å². The molecule has 20 heavy (non-hydrogen) atoms. The molecule has 5 heteroatoms. The molecule has 3 amide bonds. The number of rotatable bonds is 3. The lowest BCUT2D eigenvalue weighted by Gasteiger charge is -2.58. The molecule has 1 heterocycles. The van der Waals surface area contributed by atoms with Crippen LogP contribution >= 0.6 is 0 Å². The number of carbonyl (C=O) groups excluding carboxylic acids is 2. The Hall–Kier alpha value is -1.10. The van der Waals surface area contributed by atoms with Gasteiger partial charge in [0.15, 0.2) is 0 Å². The van der Waals surface area contributed by atoms with Crippen molar-refractivity contribution in [2.75, 3.05) is 13.7 Å². The molecule has 1 atom stereocenters. The van der Waals surface area contributed by atoms with Crippen molar-refractivity contribution in [1.82, 2.24) is 10.2 Å². The number of nitrogens with zero attached hydrogens (tertiary/aromatic N) is 1. The summed E-state index contributed by atoms with van der Waals surface area (Å²) >= 11 is 0. The number of amides is 3. The highest BCUT2D eigenvalue weighted by Crippen LogP contribution is 2.58. The number of nitrogens with one attached hydrogen (secondary N) is 1. The number of methoxy groups -OCH3 is 1. The van der Waals surface area contributed by atoms with Crippen LogP contribution in [0.5, 0.6) is 0 Å². The van der Waals surface area contributed by atoms with E-state index in [1.54, 1.807) is 12.0 Å². The average Bonchev–Trinajstić information content (AvgIpc) is 2.63. The third-order valence-electron chi connectivity index (χ3n) is 5.83. The normalized spacial score (nSPS) is 46.1. The summed E-state index contributed by atoms with van der Waals surface area (Å²) in [5.41, 5.74) is -0.182. The Morgan fingerprint density at radius 2 is 1.70 bits per heavy atom. The van der Waals surface area contributed by atoms with E-state index in [1.165, 1.54) is 19.3 Å². The highest BCUT2D eigenvalue weighted by Gasteiger charge is 2.58. The summed E-state index contributed by atoms with van der Waals surface area (Å²) in [6.45, 7) is 0.271. The van der Waals surface area contributed by atoms with E-state index in [1.807, 2.05) is 0 Å². The Balaban J connectivity index is 1.63. The summed E-state index contributed by atoms with van der Waals surface area (Å²) in [7, 11) is 1.56. The second kappa shape index (κ2) is 4.20. The molecule has 1 saturated heterocycles. The molecule has 1 N–H and O–H groups in total. The molecule has 5 nitrogen and oxygen atoms in total. The van der Waals surface area contributed by atoms with Crippen molar-refractivity contribution in [2.24, 2.45) is 17.8 Å². The van der Waals surface area contributed by atoms with Crippen LogP contribution in [0.2, 0.25) is 0 Å². The van der Waals surface area contributed by atoms with Crippen molar-refractivity contribution in [3.63, 3.8) is 0 Å². The van der Waals surface area contributed by atoms with Gasteiger partial charge >= 0.3 is 6.03 Å². The van der Waals surface area contributed by atoms with Crippen molar-refractivity contribution in [1.29, 1.82) is 0 Å². The third-order valence-corrected chi connectivity index (χ3v) is 5.83. The molecule has 4 aliphatic carbocycles. The van der Waals surface area contributed by atoms with Gasteiger partial charge in [0.1, 0.15) is 6.04 Å². The largest absolute Gasteiger partial charge is 0.382 e. The van der Waals surface area contributed by atoms with Crippen molar-refractivity contribution in [2.45, 2.75) is 50.1 Å². The molecule has 5 fully saturated rings. The Bertz CT molecular complexity index is 427. The van der Waals surface area contributed by atoms with Crippen LogP contribution in [0.3, 0.4) is 0 Å². The predicted octanol–water partition coefficient (Wildman–Crippen LogP) is 1.52. The molecule has 5 rings (SSSR count). The fourth-order valence-electron chi connectivity index (χ4n) is 5.60. The van der Waals surface area contributed by atoms with Crippen LogP contribution < -0.4 is 5.32 Å². The second-order valence-corrected chi connectivity index (χ2v) is 7.27. The van der Waals surface area contributed by atoms with E-state index >= 15 is 0 Å². The SMILES string of the molecule is COCC1NC(=O)N(C23CC4CC(CC(C4)C2)C3)C1=O. The summed E-state index contributed by atoms with van der Waals surface area (Å²) in [4.78, 5) is 26.5. The highest BCUT2D eigenvalue weighted by molar-refractivity contribution is 6.05. The van der Waals surface area contributed by atoms with Crippen molar-refractivity contribution in [3.05, 3.63) is 0 Å². The topological polar surface area (TPSA) is 58.6 Å². The van der Waals surface area contributed by atoms with E-state index in [9.17, 15) is 9.59 Å². The minimum Gasteiger partial charge on any atom is -0.382 e. The van der Waals surface area contributed by atoms with Gasteiger partial charge in [-0.2, -0.15) is 0 Å². The minimum absolute atomic E-state index is 0.0706. The lowest BCUT2D eigenvalue weighted by molar-refractivity contribution is -0.141. The molecule has 0 aromatic heterocycles. The van der Waals surface area contributed by atoms with E-state index in [2.05, 4.69) is 5.32 Å². The number of urea groups is 1. The fraction of sp³-hybridized carbons (Fsp3) is 0.867. The van der Waals surface area contributed by atoms with Crippen LogP contribution in [0.15, 0.2) is 0 Å². The first-order chi connectivity index (χ1) is 9.61. The summed E-state index contributed by atoms with van der Waals surface area (Å²) in [6.07, 6.45) is 7.01. The van der Waals surface area contributed by atoms with E-state index in [0.717, 1.165) is 37.0 Å². The maximum Gasteiger partial charge on any atom is 0.325 e. The van der Waals surface area contributed by atoms with Gasteiger partial charge in [0.2, 0.25) is 0 Å². The first-order valence-corrected chi connectivity index (χ1v) is 7.75. The molecule has 0 spiro atoms. The first-order valence-electron chi connectivity index (χ1n) is 7.75. The standard InChI is InChI=1S/C15H22N2O3/c1-20-8-12-13(18)17(14(19)16-12)15-5-9-2-10(6-15)4-11(3-9)7-15/h9-12H,2-8H2,1H3,(H,16,19). The highest BCUT2D eigenvalue weighted by atomic mass is 16.5. The van der Waals surface area contributed by atoms with Gasteiger partial charge in [0.05, 0.1) is 12.1 Å². The zero-order chi connectivity index (χ0) is 13.9. The monoisotopic (exact) mass is 278 g/mol. The third kappa shape index (κ3) is 1.65. The van der Waals surface area contributed by atoms with Crippen molar-refractivity contribution < 1.29 is 14.3 Å². The van der Waals surface area contributed by atoms with Gasteiger partial charge in [-0.1, -0.05) is 0 Å². The lowest BCUT2D eigenvalue weighted by Crippen LogP contribution is -2.62. The van der Waals surface area contributed by atoms with Gasteiger partial charge in [-0.3, -0.25) is 9.69 Å². The lowest BCUT2D eigenvalue weighted by atomic mass is 9.52. The predicted molar refractivity (Wildman–Crippen MR) is 71.9 cm³/mol. The summed E-state index contributed by atoms with van der Waals surface area (Å²) in [5, 5.41) is 2.79. The zero-order valence-corrected chi connectivity index (χ0v) is 11.9. The van der Waals surface area contributed by atoms with Gasteiger partial charge in [-0.05, 0) is 56.3 Å². The zero-order valence-electron chi connectivity index (χ0n) is 11.9. The van der Waals surface area contributed by atoms with Crippen LogP contribution in [0.4, 0.5) is 4.79 Å². The Morgan fingerprint density at radius 3 is 2.20 bits per heavy atom. The molecule has 4 saturated carbocycles. The van der Waals surface area contributed by atoms with E-state index in [4.69, 9.17) is 4.74 Å². The van der Waals surface area contributed by atoms with Crippen molar-refractivity contribution in [3.8, 4) is 0 Å². The van der Waals surface area contributed by atoms with Crippen LogP contribution in [0, 0.1) is 17.8 Å². The number of hydrogen-bond acceptors (Lipinski definition) is 3. The van der Waals surface area contributed by atoms with Gasteiger partial charge in [0.25, 0.3) is 5.91 Å². The molecule has 0 aromatic carbocycles. The van der Waals surface area contributed by atoms with Gasteiger partial charge < -0.3 is 10.1 Å². The van der Waals surface area contributed by atoms with Gasteiger partial charge in [-0.15, -0.1) is 0 Å². The molecular formula is C15H22N2O3. The smallest absolute Gasteiger partial charge is 0.325 e. The van der Waals surface area contributed by atoms with Gasteiger partial charge in [0, 0.05) is 7.11 Å². The minimum atomic E-state index is -0.486. The average molecular weight is 278 g/mol. The summed E-state index contributed by atoms with van der Waals surface area (Å²) < 4.78 is 5.05. The molecule has 0 radical (unpaired) electrons. The Kier molecular flexibility index (Phi) is 2.65. The van der Waals surface area contributed by atoms with E-state index in [-0.39, 0.29) is 24.1 Å². The number of ether oxygens (including phenoxy) is 1. The van der Waals surface area contributed by atoms with E-state index < -0.39 is 6.04 Å².